The van der Waals surface area contributed by atoms with E-state index in [4.69, 9.17) is 23.2 Å². The molecule has 0 radical (unpaired) electrons. The fourth-order valence-electron chi connectivity index (χ4n) is 1.54. The van der Waals surface area contributed by atoms with Crippen molar-refractivity contribution >= 4 is 28.9 Å². The Kier molecular flexibility index (Phi) is 4.84. The Morgan fingerprint density at radius 2 is 2.22 bits per heavy atom. The summed E-state index contributed by atoms with van der Waals surface area (Å²) in [6.07, 6.45) is 7.32. The second-order valence-corrected chi connectivity index (χ2v) is 4.55. The van der Waals surface area contributed by atoms with Crippen LogP contribution in [0.3, 0.4) is 0 Å². The van der Waals surface area contributed by atoms with Gasteiger partial charge in [0.2, 0.25) is 0 Å². The van der Waals surface area contributed by atoms with Crippen molar-refractivity contribution in [3.8, 4) is 5.69 Å². The number of pyridine rings is 1. The van der Waals surface area contributed by atoms with E-state index in [0.29, 0.717) is 11.0 Å². The average Bonchev–Trinajstić information content (AvgIpc) is 2.77. The van der Waals surface area contributed by atoms with Crippen LogP contribution in [-0.4, -0.2) is 27.2 Å². The SMILES string of the molecule is ClCCCCNc1cn(-c2cccnc2)nc1Cl. The van der Waals surface area contributed by atoms with Crippen molar-refractivity contribution in [3.63, 3.8) is 0 Å². The molecule has 2 aromatic heterocycles. The largest absolute Gasteiger partial charge is 0.381 e. The summed E-state index contributed by atoms with van der Waals surface area (Å²) in [5.74, 6) is 0.685. The number of hydrogen-bond acceptors (Lipinski definition) is 3. The van der Waals surface area contributed by atoms with Crippen molar-refractivity contribution < 1.29 is 0 Å². The smallest absolute Gasteiger partial charge is 0.174 e. The number of aromatic nitrogens is 3. The molecule has 0 aromatic carbocycles. The fraction of sp³-hybridized carbons (Fsp3) is 0.333. The van der Waals surface area contributed by atoms with Crippen molar-refractivity contribution in [2.24, 2.45) is 0 Å². The van der Waals surface area contributed by atoms with E-state index < -0.39 is 0 Å². The van der Waals surface area contributed by atoms with Gasteiger partial charge in [0.25, 0.3) is 0 Å². The Bertz CT molecular complexity index is 484. The van der Waals surface area contributed by atoms with E-state index in [1.807, 2.05) is 18.3 Å². The molecule has 0 aliphatic carbocycles. The number of unbranched alkanes of at least 4 members (excludes halogenated alkanes) is 1. The maximum atomic E-state index is 6.07. The molecule has 1 N–H and O–H groups in total. The molecule has 0 aliphatic heterocycles. The Hall–Kier alpha value is -1.26. The molecule has 0 saturated heterocycles. The van der Waals surface area contributed by atoms with Crippen molar-refractivity contribution in [2.75, 3.05) is 17.7 Å². The van der Waals surface area contributed by atoms with Crippen LogP contribution in [-0.2, 0) is 0 Å². The molecule has 96 valence electrons. The number of nitrogens with one attached hydrogen (secondary N) is 1. The summed E-state index contributed by atoms with van der Waals surface area (Å²) in [7, 11) is 0. The lowest BCUT2D eigenvalue weighted by atomic mass is 10.3. The highest BCUT2D eigenvalue weighted by atomic mass is 35.5. The third kappa shape index (κ3) is 3.37. The van der Waals surface area contributed by atoms with Gasteiger partial charge in [-0.25, -0.2) is 4.68 Å². The first-order chi connectivity index (χ1) is 8.81. The zero-order valence-corrected chi connectivity index (χ0v) is 11.3. The van der Waals surface area contributed by atoms with Crippen molar-refractivity contribution in [1.29, 1.82) is 0 Å². The molecule has 0 bridgehead atoms. The highest BCUT2D eigenvalue weighted by Crippen LogP contribution is 2.21. The van der Waals surface area contributed by atoms with Gasteiger partial charge in [-0.15, -0.1) is 11.6 Å². The van der Waals surface area contributed by atoms with Gasteiger partial charge < -0.3 is 5.32 Å². The van der Waals surface area contributed by atoms with E-state index in [9.17, 15) is 0 Å². The van der Waals surface area contributed by atoms with E-state index in [1.165, 1.54) is 0 Å². The van der Waals surface area contributed by atoms with E-state index in [-0.39, 0.29) is 0 Å². The summed E-state index contributed by atoms with van der Waals surface area (Å²) in [6.45, 7) is 0.838. The second-order valence-electron chi connectivity index (χ2n) is 3.81. The number of rotatable bonds is 6. The molecule has 2 aromatic rings. The monoisotopic (exact) mass is 284 g/mol. The number of halogens is 2. The summed E-state index contributed by atoms with van der Waals surface area (Å²) in [6, 6.07) is 3.78. The Morgan fingerprint density at radius 1 is 1.33 bits per heavy atom. The zero-order valence-electron chi connectivity index (χ0n) is 9.81. The molecule has 0 aliphatic rings. The normalized spacial score (nSPS) is 10.6. The molecule has 0 fully saturated rings. The Balaban J connectivity index is 2.03. The minimum Gasteiger partial charge on any atom is -0.381 e. The van der Waals surface area contributed by atoms with Gasteiger partial charge in [-0.1, -0.05) is 11.6 Å². The van der Waals surface area contributed by atoms with Crippen molar-refractivity contribution in [3.05, 3.63) is 35.9 Å². The lowest BCUT2D eigenvalue weighted by Crippen LogP contribution is -2.01. The van der Waals surface area contributed by atoms with Gasteiger partial charge in [-0.05, 0) is 25.0 Å². The van der Waals surface area contributed by atoms with Gasteiger partial charge in [0.15, 0.2) is 5.15 Å². The molecule has 6 heteroatoms. The minimum absolute atomic E-state index is 0.463. The molecule has 4 nitrogen and oxygen atoms in total. The standard InChI is InChI=1S/C12H14Cl2N4/c13-5-1-2-7-16-11-9-18(17-12(11)14)10-4-3-6-15-8-10/h3-4,6,8-9,16H,1-2,5,7H2. The molecule has 0 spiro atoms. The lowest BCUT2D eigenvalue weighted by molar-refractivity contribution is 0.839. The van der Waals surface area contributed by atoms with Gasteiger partial charge >= 0.3 is 0 Å². The summed E-state index contributed by atoms with van der Waals surface area (Å²) >= 11 is 11.7. The third-order valence-electron chi connectivity index (χ3n) is 2.46. The fourth-order valence-corrected chi connectivity index (χ4v) is 1.92. The van der Waals surface area contributed by atoms with Crippen LogP contribution >= 0.6 is 23.2 Å². The maximum absolute atomic E-state index is 6.07. The van der Waals surface area contributed by atoms with Gasteiger partial charge in [0, 0.05) is 18.6 Å². The summed E-state index contributed by atoms with van der Waals surface area (Å²) in [5.41, 5.74) is 1.71. The van der Waals surface area contributed by atoms with Crippen LogP contribution in [0.15, 0.2) is 30.7 Å². The summed E-state index contributed by atoms with van der Waals surface area (Å²) in [4.78, 5) is 4.05. The molecule has 2 rings (SSSR count). The third-order valence-corrected chi connectivity index (χ3v) is 3.00. The molecule has 2 heterocycles. The Labute approximate surface area is 116 Å². The molecular weight excluding hydrogens is 271 g/mol. The van der Waals surface area contributed by atoms with E-state index in [0.717, 1.165) is 30.8 Å². The quantitative estimate of drug-likeness (QED) is 0.653. The van der Waals surface area contributed by atoms with Crippen LogP contribution in [0.2, 0.25) is 5.15 Å². The van der Waals surface area contributed by atoms with Gasteiger partial charge in [-0.3, -0.25) is 4.98 Å². The average molecular weight is 285 g/mol. The van der Waals surface area contributed by atoms with Crippen molar-refractivity contribution in [2.45, 2.75) is 12.8 Å². The van der Waals surface area contributed by atoms with Gasteiger partial charge in [-0.2, -0.15) is 5.10 Å². The highest BCUT2D eigenvalue weighted by Gasteiger charge is 2.07. The molecule has 0 saturated carbocycles. The minimum atomic E-state index is 0.463. The molecule has 0 unspecified atom stereocenters. The van der Waals surface area contributed by atoms with Gasteiger partial charge in [0.1, 0.15) is 0 Å². The number of hydrogen-bond donors (Lipinski definition) is 1. The van der Waals surface area contributed by atoms with Gasteiger partial charge in [0.05, 0.1) is 23.8 Å². The summed E-state index contributed by atoms with van der Waals surface area (Å²) < 4.78 is 1.71. The van der Waals surface area contributed by atoms with Crippen LogP contribution in [0.25, 0.3) is 5.69 Å². The highest BCUT2D eigenvalue weighted by molar-refractivity contribution is 6.32. The number of alkyl halides is 1. The number of anilines is 1. The van der Waals surface area contributed by atoms with Crippen LogP contribution < -0.4 is 5.32 Å². The predicted molar refractivity (Wildman–Crippen MR) is 74.8 cm³/mol. The molecule has 0 atom stereocenters. The van der Waals surface area contributed by atoms with Crippen LogP contribution in [0.4, 0.5) is 5.69 Å². The second kappa shape index (κ2) is 6.61. The first-order valence-corrected chi connectivity index (χ1v) is 6.68. The van der Waals surface area contributed by atoms with Crippen LogP contribution in [0, 0.1) is 0 Å². The number of nitrogens with zero attached hydrogens (tertiary/aromatic N) is 3. The van der Waals surface area contributed by atoms with E-state index in [1.54, 1.807) is 17.1 Å². The lowest BCUT2D eigenvalue weighted by Gasteiger charge is -2.02. The Morgan fingerprint density at radius 3 is 2.94 bits per heavy atom. The topological polar surface area (TPSA) is 42.7 Å². The maximum Gasteiger partial charge on any atom is 0.174 e. The van der Waals surface area contributed by atoms with E-state index >= 15 is 0 Å². The van der Waals surface area contributed by atoms with Crippen LogP contribution in [0.1, 0.15) is 12.8 Å². The van der Waals surface area contributed by atoms with E-state index in [2.05, 4.69) is 15.4 Å². The predicted octanol–water partition coefficient (Wildman–Crippen LogP) is 3.35. The zero-order chi connectivity index (χ0) is 12.8. The molecular formula is C12H14Cl2N4. The first-order valence-electron chi connectivity index (χ1n) is 5.76. The summed E-state index contributed by atoms with van der Waals surface area (Å²) in [5, 5.41) is 7.94. The first kappa shape index (κ1) is 13.2. The van der Waals surface area contributed by atoms with Crippen molar-refractivity contribution in [1.82, 2.24) is 14.8 Å². The molecule has 18 heavy (non-hydrogen) atoms. The molecule has 0 amide bonds. The van der Waals surface area contributed by atoms with Crippen LogP contribution in [0.5, 0.6) is 0 Å².